The van der Waals surface area contributed by atoms with Gasteiger partial charge in [-0.15, -0.1) is 5.10 Å². The van der Waals surface area contributed by atoms with Gasteiger partial charge in [-0.3, -0.25) is 0 Å². The minimum atomic E-state index is 0.601. The molecule has 0 unspecified atom stereocenters. The van der Waals surface area contributed by atoms with E-state index in [4.69, 9.17) is 0 Å². The molecule has 0 fully saturated rings. The minimum absolute atomic E-state index is 0.601. The topological polar surface area (TPSA) is 53.9 Å². The summed E-state index contributed by atoms with van der Waals surface area (Å²) < 4.78 is 0. The molecule has 0 spiro atoms. The van der Waals surface area contributed by atoms with Crippen LogP contribution in [0, 0.1) is 0 Å². The first-order chi connectivity index (χ1) is 9.38. The molecule has 0 atom stereocenters. The van der Waals surface area contributed by atoms with Gasteiger partial charge in [0.2, 0.25) is 5.95 Å². The van der Waals surface area contributed by atoms with Crippen molar-refractivity contribution in [2.24, 2.45) is 0 Å². The maximum absolute atomic E-state index is 4.53. The van der Waals surface area contributed by atoms with Crippen LogP contribution in [0.15, 0.2) is 30.5 Å². The van der Waals surface area contributed by atoms with Gasteiger partial charge in [0.1, 0.15) is 0 Å². The van der Waals surface area contributed by atoms with E-state index in [0.717, 1.165) is 31.7 Å². The van der Waals surface area contributed by atoms with Crippen molar-refractivity contribution in [2.45, 2.75) is 19.8 Å². The van der Waals surface area contributed by atoms with Crippen LogP contribution in [0.1, 0.15) is 18.9 Å². The molecule has 0 bridgehead atoms. The molecule has 5 heteroatoms. The van der Waals surface area contributed by atoms with Crippen molar-refractivity contribution in [3.05, 3.63) is 36.0 Å². The molecular weight excluding hydrogens is 238 g/mol. The van der Waals surface area contributed by atoms with Gasteiger partial charge in [-0.05, 0) is 24.5 Å². The summed E-state index contributed by atoms with van der Waals surface area (Å²) in [6.07, 6.45) is 3.82. The molecular formula is C14H17N5. The molecule has 1 aromatic heterocycles. The predicted molar refractivity (Wildman–Crippen MR) is 75.8 cm³/mol. The first kappa shape index (κ1) is 11.9. The third-order valence-corrected chi connectivity index (χ3v) is 3.24. The van der Waals surface area contributed by atoms with E-state index in [1.54, 1.807) is 6.20 Å². The van der Waals surface area contributed by atoms with Crippen LogP contribution in [0.3, 0.4) is 0 Å². The molecule has 0 saturated carbocycles. The Balaban J connectivity index is 1.87. The highest BCUT2D eigenvalue weighted by atomic mass is 15.3. The fourth-order valence-electron chi connectivity index (χ4n) is 2.31. The highest BCUT2D eigenvalue weighted by Gasteiger charge is 2.21. The fourth-order valence-corrected chi connectivity index (χ4v) is 2.31. The largest absolute Gasteiger partial charge is 0.353 e. The number of hydrogen-bond donors (Lipinski definition) is 1. The number of rotatable bonds is 4. The summed E-state index contributed by atoms with van der Waals surface area (Å²) in [4.78, 5) is 6.73. The molecule has 2 aromatic rings. The van der Waals surface area contributed by atoms with Crippen molar-refractivity contribution in [1.82, 2.24) is 15.2 Å². The van der Waals surface area contributed by atoms with E-state index in [2.05, 4.69) is 56.6 Å². The Morgan fingerprint density at radius 1 is 1.32 bits per heavy atom. The molecule has 19 heavy (non-hydrogen) atoms. The molecule has 0 aliphatic carbocycles. The Morgan fingerprint density at radius 3 is 3.11 bits per heavy atom. The molecule has 2 heterocycles. The highest BCUT2D eigenvalue weighted by Crippen LogP contribution is 2.32. The summed E-state index contributed by atoms with van der Waals surface area (Å²) in [6.45, 7) is 3.92. The first-order valence-electron chi connectivity index (χ1n) is 6.67. The van der Waals surface area contributed by atoms with Crippen molar-refractivity contribution < 1.29 is 0 Å². The molecule has 98 valence electrons. The number of anilines is 3. The minimum Gasteiger partial charge on any atom is -0.353 e. The lowest BCUT2D eigenvalue weighted by atomic mass is 10.2. The summed E-state index contributed by atoms with van der Waals surface area (Å²) in [5, 5.41) is 11.2. The van der Waals surface area contributed by atoms with Gasteiger partial charge in [0.05, 0.1) is 6.20 Å². The molecule has 1 N–H and O–H groups in total. The zero-order valence-corrected chi connectivity index (χ0v) is 11.0. The monoisotopic (exact) mass is 255 g/mol. The van der Waals surface area contributed by atoms with E-state index in [1.165, 1.54) is 11.3 Å². The number of aromatic nitrogens is 3. The third kappa shape index (κ3) is 2.36. The average molecular weight is 255 g/mol. The number of hydrogen-bond acceptors (Lipinski definition) is 5. The van der Waals surface area contributed by atoms with Crippen LogP contribution in [0.2, 0.25) is 0 Å². The molecule has 0 saturated heterocycles. The number of para-hydroxylation sites is 1. The maximum Gasteiger partial charge on any atom is 0.244 e. The smallest absolute Gasteiger partial charge is 0.244 e. The Hall–Kier alpha value is -2.17. The summed E-state index contributed by atoms with van der Waals surface area (Å²) in [5.74, 6) is 1.46. The normalized spacial score (nSPS) is 13.4. The van der Waals surface area contributed by atoms with Crippen LogP contribution in [0.25, 0.3) is 0 Å². The lowest BCUT2D eigenvalue weighted by Gasteiger charge is -2.18. The molecule has 3 rings (SSSR count). The second-order valence-electron chi connectivity index (χ2n) is 4.60. The molecule has 0 amide bonds. The average Bonchev–Trinajstić information content (AvgIpc) is 2.89. The van der Waals surface area contributed by atoms with Gasteiger partial charge in [0, 0.05) is 18.8 Å². The molecule has 0 radical (unpaired) electrons. The Kier molecular flexibility index (Phi) is 3.27. The Morgan fingerprint density at radius 2 is 2.21 bits per heavy atom. The van der Waals surface area contributed by atoms with Crippen LogP contribution in [0.5, 0.6) is 0 Å². The highest BCUT2D eigenvalue weighted by molar-refractivity contribution is 5.67. The summed E-state index contributed by atoms with van der Waals surface area (Å²) in [6, 6.07) is 8.43. The molecule has 1 aliphatic heterocycles. The molecule has 1 aromatic carbocycles. The van der Waals surface area contributed by atoms with Gasteiger partial charge < -0.3 is 10.2 Å². The predicted octanol–water partition coefficient (Wildman–Crippen LogP) is 2.39. The SMILES string of the molecule is CCCNc1nncc(N2CCc3ccccc32)n1. The van der Waals surface area contributed by atoms with Crippen molar-refractivity contribution >= 4 is 17.5 Å². The van der Waals surface area contributed by atoms with Crippen molar-refractivity contribution in [1.29, 1.82) is 0 Å². The first-order valence-corrected chi connectivity index (χ1v) is 6.67. The number of benzene rings is 1. The molecule has 5 nitrogen and oxygen atoms in total. The fraction of sp³-hybridized carbons (Fsp3) is 0.357. The Labute approximate surface area is 112 Å². The van der Waals surface area contributed by atoms with E-state index in [9.17, 15) is 0 Å². The second-order valence-corrected chi connectivity index (χ2v) is 4.60. The van der Waals surface area contributed by atoms with Crippen LogP contribution < -0.4 is 10.2 Å². The van der Waals surface area contributed by atoms with E-state index in [-0.39, 0.29) is 0 Å². The number of fused-ring (bicyclic) bond motifs is 1. The zero-order chi connectivity index (χ0) is 13.1. The van der Waals surface area contributed by atoms with E-state index >= 15 is 0 Å². The van der Waals surface area contributed by atoms with Gasteiger partial charge in [-0.25, -0.2) is 0 Å². The number of nitrogens with zero attached hydrogens (tertiary/aromatic N) is 4. The second kappa shape index (κ2) is 5.22. The lowest BCUT2D eigenvalue weighted by molar-refractivity contribution is 0.888. The molecule has 1 aliphatic rings. The van der Waals surface area contributed by atoms with Crippen LogP contribution in [0.4, 0.5) is 17.5 Å². The van der Waals surface area contributed by atoms with E-state index in [1.807, 2.05) is 0 Å². The van der Waals surface area contributed by atoms with E-state index in [0.29, 0.717) is 5.95 Å². The Bertz CT molecular complexity index is 569. The van der Waals surface area contributed by atoms with Crippen LogP contribution in [-0.4, -0.2) is 28.3 Å². The number of nitrogens with one attached hydrogen (secondary N) is 1. The third-order valence-electron chi connectivity index (χ3n) is 3.24. The van der Waals surface area contributed by atoms with Gasteiger partial charge >= 0.3 is 0 Å². The summed E-state index contributed by atoms with van der Waals surface area (Å²) >= 11 is 0. The van der Waals surface area contributed by atoms with Gasteiger partial charge in [0.15, 0.2) is 5.82 Å². The van der Waals surface area contributed by atoms with Crippen molar-refractivity contribution in [2.75, 3.05) is 23.3 Å². The summed E-state index contributed by atoms with van der Waals surface area (Å²) in [7, 11) is 0. The summed E-state index contributed by atoms with van der Waals surface area (Å²) in [5.41, 5.74) is 2.59. The van der Waals surface area contributed by atoms with Gasteiger partial charge in [-0.2, -0.15) is 10.1 Å². The van der Waals surface area contributed by atoms with Gasteiger partial charge in [-0.1, -0.05) is 25.1 Å². The standard InChI is InChI=1S/C14H17N5/c1-2-8-15-14-17-13(10-16-18-14)19-9-7-11-5-3-4-6-12(11)19/h3-6,10H,2,7-9H2,1H3,(H,15,17,18). The van der Waals surface area contributed by atoms with Crippen LogP contribution in [-0.2, 0) is 6.42 Å². The van der Waals surface area contributed by atoms with Crippen molar-refractivity contribution in [3.63, 3.8) is 0 Å². The van der Waals surface area contributed by atoms with Crippen molar-refractivity contribution in [3.8, 4) is 0 Å². The maximum atomic E-state index is 4.53. The zero-order valence-electron chi connectivity index (χ0n) is 11.0. The van der Waals surface area contributed by atoms with Crippen LogP contribution >= 0.6 is 0 Å². The lowest BCUT2D eigenvalue weighted by Crippen LogP contribution is -2.16. The quantitative estimate of drug-likeness (QED) is 0.909. The van der Waals surface area contributed by atoms with Gasteiger partial charge in [0.25, 0.3) is 0 Å². The van der Waals surface area contributed by atoms with E-state index < -0.39 is 0 Å².